The summed E-state index contributed by atoms with van der Waals surface area (Å²) >= 11 is 0. The van der Waals surface area contributed by atoms with Crippen LogP contribution < -0.4 is 14.8 Å². The molecule has 9 nitrogen and oxygen atoms in total. The molecule has 4 aliphatic rings. The number of anilines is 1. The van der Waals surface area contributed by atoms with Gasteiger partial charge in [0.25, 0.3) is 5.69 Å². The number of ether oxygens (including phenoxy) is 2. The number of fused-ring (bicyclic) bond motifs is 5. The summed E-state index contributed by atoms with van der Waals surface area (Å²) in [4.78, 5) is 42.0. The molecule has 0 aliphatic carbocycles. The van der Waals surface area contributed by atoms with Gasteiger partial charge < -0.3 is 14.8 Å². The molecule has 4 heterocycles. The van der Waals surface area contributed by atoms with Gasteiger partial charge in [0.05, 0.1) is 10.8 Å². The summed E-state index contributed by atoms with van der Waals surface area (Å²) in [7, 11) is 0. The summed E-state index contributed by atoms with van der Waals surface area (Å²) in [6.45, 7) is 0.741. The van der Waals surface area contributed by atoms with Crippen LogP contribution in [0.5, 0.6) is 11.5 Å². The molecule has 2 fully saturated rings. The number of ketones is 1. The van der Waals surface area contributed by atoms with E-state index in [1.807, 2.05) is 30.3 Å². The van der Waals surface area contributed by atoms with Gasteiger partial charge in [-0.1, -0.05) is 30.3 Å². The van der Waals surface area contributed by atoms with E-state index in [-0.39, 0.29) is 30.2 Å². The van der Waals surface area contributed by atoms with Crippen molar-refractivity contribution >= 4 is 23.1 Å². The highest BCUT2D eigenvalue weighted by molar-refractivity contribution is 6.12. The number of hydrogen-bond acceptors (Lipinski definition) is 7. The molecule has 186 valence electrons. The molecule has 1 N–H and O–H groups in total. The Morgan fingerprint density at radius 3 is 2.76 bits per heavy atom. The third-order valence-electron chi connectivity index (χ3n) is 8.31. The highest BCUT2D eigenvalue weighted by Gasteiger charge is 2.69. The molecule has 0 saturated carbocycles. The molecule has 4 atom stereocenters. The fourth-order valence-corrected chi connectivity index (χ4v) is 6.97. The number of carbonyl (C=O) groups excluding carboxylic acids is 2. The molecule has 37 heavy (non-hydrogen) atoms. The number of carbonyl (C=O) groups is 2. The van der Waals surface area contributed by atoms with Gasteiger partial charge in [-0.05, 0) is 49.2 Å². The first-order chi connectivity index (χ1) is 18.0. The van der Waals surface area contributed by atoms with Crippen LogP contribution in [0.4, 0.5) is 11.4 Å². The Bertz CT molecular complexity index is 1490. The predicted molar refractivity (Wildman–Crippen MR) is 133 cm³/mol. The second kappa shape index (κ2) is 7.88. The van der Waals surface area contributed by atoms with Gasteiger partial charge in [0.15, 0.2) is 17.3 Å². The van der Waals surface area contributed by atoms with Crippen molar-refractivity contribution in [1.29, 1.82) is 0 Å². The van der Waals surface area contributed by atoms with Gasteiger partial charge in [-0.3, -0.25) is 24.6 Å². The number of benzene rings is 3. The molecule has 1 spiro atoms. The Kier molecular flexibility index (Phi) is 4.68. The monoisotopic (exact) mass is 497 g/mol. The van der Waals surface area contributed by atoms with Gasteiger partial charge in [0.2, 0.25) is 12.7 Å². The molecule has 0 radical (unpaired) electrons. The molecular weight excluding hydrogens is 474 g/mol. The Balaban J connectivity index is 1.46. The van der Waals surface area contributed by atoms with Crippen molar-refractivity contribution in [3.05, 3.63) is 93.5 Å². The molecule has 3 aromatic rings. The Hall–Kier alpha value is -4.24. The minimum absolute atomic E-state index is 0.0338. The number of nitro benzene ring substituents is 1. The average Bonchev–Trinajstić information content (AvgIpc) is 3.67. The minimum Gasteiger partial charge on any atom is -0.454 e. The third-order valence-corrected chi connectivity index (χ3v) is 8.31. The van der Waals surface area contributed by atoms with Crippen LogP contribution in [-0.4, -0.2) is 40.9 Å². The lowest BCUT2D eigenvalue weighted by atomic mass is 9.68. The maximum atomic E-state index is 14.6. The van der Waals surface area contributed by atoms with E-state index in [0.29, 0.717) is 34.9 Å². The molecule has 3 aromatic carbocycles. The summed E-state index contributed by atoms with van der Waals surface area (Å²) in [5.74, 6) is -0.594. The number of nitro groups is 1. The zero-order chi connectivity index (χ0) is 25.3. The van der Waals surface area contributed by atoms with Crippen molar-refractivity contribution in [2.24, 2.45) is 5.92 Å². The van der Waals surface area contributed by atoms with E-state index >= 15 is 0 Å². The van der Waals surface area contributed by atoms with Crippen LogP contribution in [0.25, 0.3) is 0 Å². The molecular formula is C28H23N3O6. The van der Waals surface area contributed by atoms with Crippen molar-refractivity contribution in [2.45, 2.75) is 30.3 Å². The fourth-order valence-electron chi connectivity index (χ4n) is 6.97. The first-order valence-corrected chi connectivity index (χ1v) is 12.4. The topological polar surface area (TPSA) is 111 Å². The summed E-state index contributed by atoms with van der Waals surface area (Å²) < 4.78 is 11.0. The number of nitrogens with zero attached hydrogens (tertiary/aromatic N) is 2. The van der Waals surface area contributed by atoms with Gasteiger partial charge in [-0.15, -0.1) is 0 Å². The van der Waals surface area contributed by atoms with Crippen molar-refractivity contribution in [3.8, 4) is 11.5 Å². The Morgan fingerprint density at radius 2 is 1.89 bits per heavy atom. The van der Waals surface area contributed by atoms with E-state index < -0.39 is 22.3 Å². The molecule has 2 saturated heterocycles. The van der Waals surface area contributed by atoms with E-state index in [1.54, 1.807) is 30.3 Å². The summed E-state index contributed by atoms with van der Waals surface area (Å²) in [5, 5.41) is 14.7. The van der Waals surface area contributed by atoms with E-state index in [2.05, 4.69) is 10.2 Å². The third kappa shape index (κ3) is 2.94. The van der Waals surface area contributed by atoms with Crippen molar-refractivity contribution < 1.29 is 24.0 Å². The average molecular weight is 498 g/mol. The second-order valence-corrected chi connectivity index (χ2v) is 9.96. The minimum atomic E-state index is -1.22. The second-order valence-electron chi connectivity index (χ2n) is 9.96. The lowest BCUT2D eigenvalue weighted by molar-refractivity contribution is -0.384. The van der Waals surface area contributed by atoms with E-state index in [4.69, 9.17) is 9.47 Å². The number of nitrogens with one attached hydrogen (secondary N) is 1. The van der Waals surface area contributed by atoms with Crippen molar-refractivity contribution in [1.82, 2.24) is 4.90 Å². The Labute approximate surface area is 212 Å². The Morgan fingerprint density at radius 1 is 1.05 bits per heavy atom. The largest absolute Gasteiger partial charge is 0.454 e. The number of hydrogen-bond donors (Lipinski definition) is 1. The number of amides is 1. The van der Waals surface area contributed by atoms with Crippen LogP contribution in [0, 0.1) is 16.0 Å². The van der Waals surface area contributed by atoms with Crippen LogP contribution in [0.15, 0.2) is 66.7 Å². The van der Waals surface area contributed by atoms with E-state index in [9.17, 15) is 19.7 Å². The van der Waals surface area contributed by atoms with Gasteiger partial charge >= 0.3 is 0 Å². The van der Waals surface area contributed by atoms with Crippen LogP contribution in [-0.2, 0) is 10.3 Å². The lowest BCUT2D eigenvalue weighted by Gasteiger charge is -2.36. The number of non-ortho nitro benzene ring substituents is 1. The molecule has 4 aliphatic heterocycles. The zero-order valence-corrected chi connectivity index (χ0v) is 19.8. The van der Waals surface area contributed by atoms with Crippen molar-refractivity contribution in [2.75, 3.05) is 18.7 Å². The maximum Gasteiger partial charge on any atom is 0.269 e. The first-order valence-electron chi connectivity index (χ1n) is 12.4. The predicted octanol–water partition coefficient (Wildman–Crippen LogP) is 4.23. The number of para-hydroxylation sites is 1. The molecule has 0 unspecified atom stereocenters. The summed E-state index contributed by atoms with van der Waals surface area (Å²) in [6.07, 6.45) is 1.66. The highest BCUT2D eigenvalue weighted by atomic mass is 16.7. The standard InChI is InChI=1S/C28H23N3O6/c32-26(17-10-11-22-23(14-17)37-15-36-22)25-24(16-5-3-6-18(13-16)31(34)35)21-9-4-12-30(21)28(25)19-7-1-2-8-20(19)29-27(28)33/h1-3,5-8,10-11,13-14,21,24-25H,4,9,12,15H2,(H,29,33)/t21-,24-,25-,28+/m1/s1. The highest BCUT2D eigenvalue weighted by Crippen LogP contribution is 2.61. The maximum absolute atomic E-state index is 14.6. The van der Waals surface area contributed by atoms with Gasteiger partial charge in [0, 0.05) is 40.9 Å². The molecule has 0 bridgehead atoms. The van der Waals surface area contributed by atoms with E-state index in [1.165, 1.54) is 6.07 Å². The number of Topliss-reactive ketones (excluding diaryl/α,β-unsaturated/α-hetero) is 1. The van der Waals surface area contributed by atoms with Crippen LogP contribution in [0.1, 0.15) is 40.2 Å². The van der Waals surface area contributed by atoms with Crippen LogP contribution in [0.2, 0.25) is 0 Å². The quantitative estimate of drug-likeness (QED) is 0.326. The first kappa shape index (κ1) is 22.0. The zero-order valence-electron chi connectivity index (χ0n) is 19.8. The smallest absolute Gasteiger partial charge is 0.269 e. The molecule has 1 amide bonds. The van der Waals surface area contributed by atoms with Gasteiger partial charge in [0.1, 0.15) is 5.54 Å². The molecule has 7 rings (SSSR count). The van der Waals surface area contributed by atoms with Crippen LogP contribution >= 0.6 is 0 Å². The van der Waals surface area contributed by atoms with Gasteiger partial charge in [-0.2, -0.15) is 0 Å². The summed E-state index contributed by atoms with van der Waals surface area (Å²) in [5.41, 5.74) is 1.33. The van der Waals surface area contributed by atoms with Crippen molar-refractivity contribution in [3.63, 3.8) is 0 Å². The number of rotatable bonds is 4. The fraction of sp³-hybridized carbons (Fsp3) is 0.286. The SMILES string of the molecule is O=C(c1ccc2c(c1)OCO2)[C@H]1[C@H](c2cccc([N+](=O)[O-])c2)[C@H]2CCCN2[C@]12C(=O)Nc1ccccc12. The molecule has 9 heteroatoms. The van der Waals surface area contributed by atoms with Gasteiger partial charge in [-0.25, -0.2) is 0 Å². The summed E-state index contributed by atoms with van der Waals surface area (Å²) in [6, 6.07) is 19.0. The lowest BCUT2D eigenvalue weighted by Crippen LogP contribution is -2.52. The van der Waals surface area contributed by atoms with E-state index in [0.717, 1.165) is 18.4 Å². The van der Waals surface area contributed by atoms with Crippen LogP contribution in [0.3, 0.4) is 0 Å². The molecule has 0 aromatic heterocycles. The normalized spacial score (nSPS) is 27.2.